The quantitative estimate of drug-likeness (QED) is 0.781. The molecule has 1 atom stereocenters. The van der Waals surface area contributed by atoms with Crippen LogP contribution in [0.25, 0.3) is 22.0 Å². The van der Waals surface area contributed by atoms with Gasteiger partial charge in [0.05, 0.1) is 12.1 Å². The van der Waals surface area contributed by atoms with Crippen molar-refractivity contribution in [3.05, 3.63) is 54.7 Å². The van der Waals surface area contributed by atoms with Crippen LogP contribution >= 0.6 is 0 Å². The number of amides is 1. The van der Waals surface area contributed by atoms with Crippen LogP contribution in [-0.4, -0.2) is 40.6 Å². The average Bonchev–Trinajstić information content (AvgIpc) is 2.61. The number of carbonyl (C=O) groups excluding carboxylic acids is 1. The summed E-state index contributed by atoms with van der Waals surface area (Å²) in [6.45, 7) is 2.33. The van der Waals surface area contributed by atoms with E-state index in [9.17, 15) is 4.79 Å². The minimum atomic E-state index is -0.228. The second kappa shape index (κ2) is 7.14. The maximum absolute atomic E-state index is 12.5. The van der Waals surface area contributed by atoms with Crippen LogP contribution in [0.3, 0.4) is 0 Å². The molecule has 0 saturated carbocycles. The van der Waals surface area contributed by atoms with E-state index in [4.69, 9.17) is 4.74 Å². The van der Waals surface area contributed by atoms with Gasteiger partial charge in [-0.15, -0.1) is 0 Å². The van der Waals surface area contributed by atoms with Crippen molar-refractivity contribution in [1.82, 2.24) is 20.3 Å². The highest BCUT2D eigenvalue weighted by Gasteiger charge is 2.15. The van der Waals surface area contributed by atoms with Gasteiger partial charge in [0.15, 0.2) is 0 Å². The third-order valence-corrected chi connectivity index (χ3v) is 3.63. The van der Waals surface area contributed by atoms with Crippen LogP contribution in [0.15, 0.2) is 49.1 Å². The van der Waals surface area contributed by atoms with Crippen molar-refractivity contribution in [2.24, 2.45) is 0 Å². The number of nitrogens with zero attached hydrogens (tertiary/aromatic N) is 3. The van der Waals surface area contributed by atoms with E-state index >= 15 is 0 Å². The molecule has 122 valence electrons. The number of rotatable bonds is 5. The molecule has 0 fully saturated rings. The van der Waals surface area contributed by atoms with Gasteiger partial charge < -0.3 is 10.1 Å². The maximum atomic E-state index is 12.5. The number of hydrogen-bond acceptors (Lipinski definition) is 5. The lowest BCUT2D eigenvalue weighted by molar-refractivity contribution is 0.0901. The predicted octanol–water partition coefficient (Wildman–Crippen LogP) is 2.46. The van der Waals surface area contributed by atoms with Crippen LogP contribution in [0.2, 0.25) is 0 Å². The molecule has 0 aromatic carbocycles. The highest BCUT2D eigenvalue weighted by atomic mass is 16.5. The number of fused-ring (bicyclic) bond motifs is 1. The number of hydrogen-bond donors (Lipinski definition) is 1. The SMILES string of the molecule is COCC(C)NC(=O)c1cc(-c2ccncc2)c2cnccc2n1. The Morgan fingerprint density at radius 3 is 2.71 bits per heavy atom. The Morgan fingerprint density at radius 1 is 1.21 bits per heavy atom. The molecule has 3 heterocycles. The topological polar surface area (TPSA) is 77.0 Å². The Kier molecular flexibility index (Phi) is 4.77. The number of nitrogens with one attached hydrogen (secondary N) is 1. The van der Waals surface area contributed by atoms with E-state index in [0.717, 1.165) is 22.0 Å². The summed E-state index contributed by atoms with van der Waals surface area (Å²) >= 11 is 0. The fourth-order valence-corrected chi connectivity index (χ4v) is 2.54. The summed E-state index contributed by atoms with van der Waals surface area (Å²) in [5.41, 5.74) is 2.96. The van der Waals surface area contributed by atoms with Gasteiger partial charge in [0.1, 0.15) is 5.69 Å². The predicted molar refractivity (Wildman–Crippen MR) is 91.6 cm³/mol. The van der Waals surface area contributed by atoms with Gasteiger partial charge in [-0.2, -0.15) is 0 Å². The van der Waals surface area contributed by atoms with E-state index in [1.807, 2.05) is 19.1 Å². The molecule has 0 aliphatic carbocycles. The van der Waals surface area contributed by atoms with E-state index in [0.29, 0.717) is 12.3 Å². The molecule has 0 saturated heterocycles. The van der Waals surface area contributed by atoms with Gasteiger partial charge in [-0.25, -0.2) is 4.98 Å². The normalized spacial score (nSPS) is 12.1. The molecular formula is C18H18N4O2. The first-order valence-electron chi connectivity index (χ1n) is 7.64. The smallest absolute Gasteiger partial charge is 0.270 e. The number of methoxy groups -OCH3 is 1. The fraction of sp³-hybridized carbons (Fsp3) is 0.222. The van der Waals surface area contributed by atoms with Crippen LogP contribution in [0.1, 0.15) is 17.4 Å². The van der Waals surface area contributed by atoms with Crippen molar-refractivity contribution in [3.63, 3.8) is 0 Å². The van der Waals surface area contributed by atoms with Crippen molar-refractivity contribution < 1.29 is 9.53 Å². The van der Waals surface area contributed by atoms with E-state index in [1.165, 1.54) is 0 Å². The van der Waals surface area contributed by atoms with Gasteiger partial charge in [-0.1, -0.05) is 0 Å². The molecule has 0 aliphatic rings. The van der Waals surface area contributed by atoms with E-state index in [2.05, 4.69) is 20.3 Å². The van der Waals surface area contributed by atoms with Crippen LogP contribution in [0.5, 0.6) is 0 Å². The zero-order chi connectivity index (χ0) is 16.9. The molecule has 3 rings (SSSR count). The Labute approximate surface area is 139 Å². The first-order chi connectivity index (χ1) is 11.7. The van der Waals surface area contributed by atoms with Gasteiger partial charge in [0.2, 0.25) is 0 Å². The molecule has 0 aliphatic heterocycles. The standard InChI is InChI=1S/C18H18N4O2/c1-12(11-24-2)21-18(23)17-9-14(13-3-6-19-7-4-13)15-10-20-8-5-16(15)22-17/h3-10,12H,11H2,1-2H3,(H,21,23). The summed E-state index contributed by atoms with van der Waals surface area (Å²) in [5.74, 6) is -0.228. The molecular weight excluding hydrogens is 304 g/mol. The van der Waals surface area contributed by atoms with Crippen LogP contribution < -0.4 is 5.32 Å². The van der Waals surface area contributed by atoms with E-state index in [-0.39, 0.29) is 11.9 Å². The number of pyridine rings is 3. The van der Waals surface area contributed by atoms with Crippen LogP contribution in [-0.2, 0) is 4.74 Å². The zero-order valence-corrected chi connectivity index (χ0v) is 13.6. The van der Waals surface area contributed by atoms with Crippen molar-refractivity contribution in [2.75, 3.05) is 13.7 Å². The van der Waals surface area contributed by atoms with Crippen molar-refractivity contribution in [2.45, 2.75) is 13.0 Å². The molecule has 0 bridgehead atoms. The molecule has 0 radical (unpaired) electrons. The molecule has 6 nitrogen and oxygen atoms in total. The molecule has 3 aromatic rings. The van der Waals surface area contributed by atoms with Crippen molar-refractivity contribution >= 4 is 16.8 Å². The number of ether oxygens (including phenoxy) is 1. The summed E-state index contributed by atoms with van der Waals surface area (Å²) in [4.78, 5) is 25.2. The first-order valence-corrected chi connectivity index (χ1v) is 7.64. The van der Waals surface area contributed by atoms with Crippen LogP contribution in [0.4, 0.5) is 0 Å². The highest BCUT2D eigenvalue weighted by Crippen LogP contribution is 2.27. The Morgan fingerprint density at radius 2 is 1.96 bits per heavy atom. The van der Waals surface area contributed by atoms with Gasteiger partial charge in [-0.05, 0) is 42.3 Å². The average molecular weight is 322 g/mol. The lowest BCUT2D eigenvalue weighted by Gasteiger charge is -2.14. The number of aromatic nitrogens is 3. The number of carbonyl (C=O) groups is 1. The maximum Gasteiger partial charge on any atom is 0.270 e. The van der Waals surface area contributed by atoms with Crippen molar-refractivity contribution in [3.8, 4) is 11.1 Å². The highest BCUT2D eigenvalue weighted by molar-refractivity contribution is 6.01. The fourth-order valence-electron chi connectivity index (χ4n) is 2.54. The first kappa shape index (κ1) is 16.0. The van der Waals surface area contributed by atoms with Gasteiger partial charge in [0.25, 0.3) is 5.91 Å². The second-order valence-corrected chi connectivity index (χ2v) is 5.51. The summed E-state index contributed by atoms with van der Waals surface area (Å²) in [6.07, 6.45) is 6.87. The monoisotopic (exact) mass is 322 g/mol. The molecule has 3 aromatic heterocycles. The van der Waals surface area contributed by atoms with Gasteiger partial charge in [-0.3, -0.25) is 14.8 Å². The molecule has 1 unspecified atom stereocenters. The van der Waals surface area contributed by atoms with Gasteiger partial charge >= 0.3 is 0 Å². The minimum Gasteiger partial charge on any atom is -0.383 e. The Bertz CT molecular complexity index is 852. The van der Waals surface area contributed by atoms with Crippen molar-refractivity contribution in [1.29, 1.82) is 0 Å². The third kappa shape index (κ3) is 3.38. The third-order valence-electron chi connectivity index (χ3n) is 3.63. The lowest BCUT2D eigenvalue weighted by Crippen LogP contribution is -2.36. The second-order valence-electron chi connectivity index (χ2n) is 5.51. The van der Waals surface area contributed by atoms with Crippen LogP contribution in [0, 0.1) is 0 Å². The summed E-state index contributed by atoms with van der Waals surface area (Å²) in [5, 5.41) is 3.78. The minimum absolute atomic E-state index is 0.0955. The summed E-state index contributed by atoms with van der Waals surface area (Å²) < 4.78 is 5.05. The van der Waals surface area contributed by atoms with Gasteiger partial charge in [0, 0.05) is 43.3 Å². The summed E-state index contributed by atoms with van der Waals surface area (Å²) in [6, 6.07) is 7.29. The van der Waals surface area contributed by atoms with E-state index < -0.39 is 0 Å². The molecule has 0 spiro atoms. The molecule has 6 heteroatoms. The summed E-state index contributed by atoms with van der Waals surface area (Å²) in [7, 11) is 1.60. The largest absolute Gasteiger partial charge is 0.383 e. The molecule has 24 heavy (non-hydrogen) atoms. The van der Waals surface area contributed by atoms with E-state index in [1.54, 1.807) is 44.0 Å². The lowest BCUT2D eigenvalue weighted by atomic mass is 10.0. The Balaban J connectivity index is 2.06. The zero-order valence-electron chi connectivity index (χ0n) is 13.6. The molecule has 1 N–H and O–H groups in total. The molecule has 1 amide bonds. The Hall–Kier alpha value is -2.86.